The Balaban J connectivity index is 1.33. The Kier molecular flexibility index (Phi) is 5.68. The minimum absolute atomic E-state index is 0.0856. The van der Waals surface area contributed by atoms with Crippen LogP contribution in [-0.4, -0.2) is 74.7 Å². The molecular formula is C20H27N5O4. The molecule has 0 unspecified atom stereocenters. The molecule has 2 aliphatic heterocycles. The Morgan fingerprint density at radius 1 is 1.24 bits per heavy atom. The normalized spacial score (nSPS) is 22.2. The minimum atomic E-state index is -0.193. The molecule has 0 spiro atoms. The molecule has 156 valence electrons. The Bertz CT molecular complexity index is 839. The lowest BCUT2D eigenvalue weighted by atomic mass is 10.1. The second-order valence-electron chi connectivity index (χ2n) is 7.61. The van der Waals surface area contributed by atoms with Crippen LogP contribution in [0.2, 0.25) is 0 Å². The molecule has 29 heavy (non-hydrogen) atoms. The molecule has 2 fully saturated rings. The van der Waals surface area contributed by atoms with Gasteiger partial charge in [0.25, 0.3) is 11.9 Å². The molecule has 3 heterocycles. The van der Waals surface area contributed by atoms with Crippen LogP contribution < -0.4 is 15.1 Å². The first kappa shape index (κ1) is 19.7. The molecule has 4 rings (SSSR count). The average molecular weight is 401 g/mol. The topological polar surface area (TPSA) is 93.0 Å². The maximum Gasteiger partial charge on any atom is 0.266 e. The van der Waals surface area contributed by atoms with E-state index in [1.54, 1.807) is 0 Å². The van der Waals surface area contributed by atoms with Gasteiger partial charge in [0.1, 0.15) is 12.2 Å². The molecule has 9 heteroatoms. The van der Waals surface area contributed by atoms with Crippen LogP contribution in [0.15, 0.2) is 28.8 Å². The number of ether oxygens (including phenoxy) is 2. The Labute approximate surface area is 169 Å². The van der Waals surface area contributed by atoms with Crippen molar-refractivity contribution >= 4 is 17.5 Å². The Hall–Kier alpha value is -2.65. The SMILES string of the molecule is CCc1nc(N2C[C@@H]3OCC(NC(=O)c4cccc(N(C)C)c4)CO[C@H]3C2)no1. The largest absolute Gasteiger partial charge is 0.378 e. The summed E-state index contributed by atoms with van der Waals surface area (Å²) >= 11 is 0. The Morgan fingerprint density at radius 2 is 1.97 bits per heavy atom. The van der Waals surface area contributed by atoms with E-state index in [4.69, 9.17) is 14.0 Å². The van der Waals surface area contributed by atoms with E-state index >= 15 is 0 Å². The number of carbonyl (C=O) groups excluding carboxylic acids is 1. The lowest BCUT2D eigenvalue weighted by molar-refractivity contribution is -0.00461. The summed E-state index contributed by atoms with van der Waals surface area (Å²) in [5, 5.41) is 7.05. The molecule has 1 aromatic heterocycles. The van der Waals surface area contributed by atoms with Crippen LogP contribution in [0.1, 0.15) is 23.2 Å². The van der Waals surface area contributed by atoms with Crippen molar-refractivity contribution in [1.82, 2.24) is 15.5 Å². The van der Waals surface area contributed by atoms with E-state index in [0.717, 1.165) is 5.69 Å². The van der Waals surface area contributed by atoms with E-state index in [-0.39, 0.29) is 24.2 Å². The first-order valence-electron chi connectivity index (χ1n) is 9.92. The van der Waals surface area contributed by atoms with Gasteiger partial charge in [-0.1, -0.05) is 13.0 Å². The zero-order chi connectivity index (χ0) is 20.4. The van der Waals surface area contributed by atoms with Crippen molar-refractivity contribution in [3.63, 3.8) is 0 Å². The maximum atomic E-state index is 12.6. The summed E-state index contributed by atoms with van der Waals surface area (Å²) in [6.07, 6.45) is 0.537. The highest BCUT2D eigenvalue weighted by Gasteiger charge is 2.39. The summed E-state index contributed by atoms with van der Waals surface area (Å²) in [6, 6.07) is 7.33. The van der Waals surface area contributed by atoms with E-state index < -0.39 is 0 Å². The van der Waals surface area contributed by atoms with Gasteiger partial charge in [0.2, 0.25) is 5.89 Å². The van der Waals surface area contributed by atoms with Crippen LogP contribution in [0, 0.1) is 0 Å². The number of anilines is 2. The third-order valence-electron chi connectivity index (χ3n) is 5.24. The summed E-state index contributed by atoms with van der Waals surface area (Å²) in [5.74, 6) is 1.07. The molecule has 0 radical (unpaired) electrons. The predicted molar refractivity (Wildman–Crippen MR) is 107 cm³/mol. The van der Waals surface area contributed by atoms with Gasteiger partial charge in [0.15, 0.2) is 0 Å². The molecule has 0 aliphatic carbocycles. The van der Waals surface area contributed by atoms with Crippen LogP contribution in [0.25, 0.3) is 0 Å². The summed E-state index contributed by atoms with van der Waals surface area (Å²) < 4.78 is 17.3. The van der Waals surface area contributed by atoms with Crippen molar-refractivity contribution in [3.8, 4) is 0 Å². The highest BCUT2D eigenvalue weighted by atomic mass is 16.6. The van der Waals surface area contributed by atoms with Crippen LogP contribution in [-0.2, 0) is 15.9 Å². The summed E-state index contributed by atoms with van der Waals surface area (Å²) in [7, 11) is 3.90. The molecule has 2 atom stereocenters. The van der Waals surface area contributed by atoms with Crippen molar-refractivity contribution in [2.24, 2.45) is 0 Å². The van der Waals surface area contributed by atoms with Gasteiger partial charge >= 0.3 is 0 Å². The standard InChI is InChI=1S/C20H27N5O4/c1-4-18-22-20(23-29-18)25-9-16-17(10-25)28-12-14(11-27-16)21-19(26)13-6-5-7-15(8-13)24(2)3/h5-8,14,16-17H,4,9-12H2,1-3H3,(H,21,26)/t16-,17-/m0/s1. The number of rotatable bonds is 5. The first-order chi connectivity index (χ1) is 14.0. The number of carbonyl (C=O) groups is 1. The minimum Gasteiger partial charge on any atom is -0.378 e. The third-order valence-corrected chi connectivity index (χ3v) is 5.24. The van der Waals surface area contributed by atoms with Crippen LogP contribution in [0.3, 0.4) is 0 Å². The summed E-state index contributed by atoms with van der Waals surface area (Å²) in [5.41, 5.74) is 1.60. The van der Waals surface area contributed by atoms with E-state index in [1.807, 2.05) is 55.1 Å². The quantitative estimate of drug-likeness (QED) is 0.796. The number of hydrogen-bond acceptors (Lipinski definition) is 8. The lowest BCUT2D eigenvalue weighted by Crippen LogP contribution is -2.41. The van der Waals surface area contributed by atoms with E-state index in [0.29, 0.717) is 50.1 Å². The smallest absolute Gasteiger partial charge is 0.266 e. The summed E-state index contributed by atoms with van der Waals surface area (Å²) in [4.78, 5) is 21.0. The fourth-order valence-electron chi connectivity index (χ4n) is 3.55. The van der Waals surface area contributed by atoms with Crippen molar-refractivity contribution < 1.29 is 18.8 Å². The molecule has 0 bridgehead atoms. The number of aromatic nitrogens is 2. The molecule has 0 saturated carbocycles. The molecule has 2 aromatic rings. The maximum absolute atomic E-state index is 12.6. The van der Waals surface area contributed by atoms with Gasteiger partial charge in [-0.3, -0.25) is 4.79 Å². The molecular weight excluding hydrogens is 374 g/mol. The molecule has 2 aliphatic rings. The van der Waals surface area contributed by atoms with Gasteiger partial charge in [0.05, 0.1) is 19.3 Å². The first-order valence-corrected chi connectivity index (χ1v) is 9.92. The van der Waals surface area contributed by atoms with Crippen molar-refractivity contribution in [2.75, 3.05) is 50.2 Å². The zero-order valence-electron chi connectivity index (χ0n) is 17.0. The number of aryl methyl sites for hydroxylation is 1. The number of fused-ring (bicyclic) bond motifs is 1. The molecule has 9 nitrogen and oxygen atoms in total. The fraction of sp³-hybridized carbons (Fsp3) is 0.550. The number of nitrogens with zero attached hydrogens (tertiary/aromatic N) is 4. The van der Waals surface area contributed by atoms with Crippen molar-refractivity contribution in [3.05, 3.63) is 35.7 Å². The van der Waals surface area contributed by atoms with E-state index in [2.05, 4.69) is 15.5 Å². The van der Waals surface area contributed by atoms with Crippen LogP contribution in [0.5, 0.6) is 0 Å². The molecule has 1 amide bonds. The molecule has 1 N–H and O–H groups in total. The van der Waals surface area contributed by atoms with Crippen LogP contribution in [0.4, 0.5) is 11.6 Å². The second kappa shape index (κ2) is 8.38. The monoisotopic (exact) mass is 401 g/mol. The van der Waals surface area contributed by atoms with Gasteiger partial charge in [-0.05, 0) is 23.4 Å². The van der Waals surface area contributed by atoms with Gasteiger partial charge in [-0.25, -0.2) is 0 Å². The number of amides is 1. The second-order valence-corrected chi connectivity index (χ2v) is 7.61. The third kappa shape index (κ3) is 4.35. The molecule has 1 aromatic carbocycles. The molecule has 2 saturated heterocycles. The van der Waals surface area contributed by atoms with Gasteiger partial charge in [-0.15, -0.1) is 0 Å². The van der Waals surface area contributed by atoms with E-state index in [9.17, 15) is 4.79 Å². The van der Waals surface area contributed by atoms with Crippen LogP contribution >= 0.6 is 0 Å². The predicted octanol–water partition coefficient (Wildman–Crippen LogP) is 1.10. The number of nitrogens with one attached hydrogen (secondary N) is 1. The zero-order valence-corrected chi connectivity index (χ0v) is 17.0. The van der Waals surface area contributed by atoms with Crippen molar-refractivity contribution in [1.29, 1.82) is 0 Å². The fourth-order valence-corrected chi connectivity index (χ4v) is 3.55. The van der Waals surface area contributed by atoms with Gasteiger partial charge < -0.3 is 29.1 Å². The van der Waals surface area contributed by atoms with E-state index in [1.165, 1.54) is 0 Å². The van der Waals surface area contributed by atoms with Gasteiger partial charge in [-0.2, -0.15) is 4.98 Å². The van der Waals surface area contributed by atoms with Gasteiger partial charge in [0, 0.05) is 44.9 Å². The number of benzene rings is 1. The average Bonchev–Trinajstić information content (AvgIpc) is 3.33. The lowest BCUT2D eigenvalue weighted by Gasteiger charge is -2.19. The highest BCUT2D eigenvalue weighted by Crippen LogP contribution is 2.24. The summed E-state index contributed by atoms with van der Waals surface area (Å²) in [6.45, 7) is 4.06. The number of hydrogen-bond donors (Lipinski definition) is 1. The highest BCUT2D eigenvalue weighted by molar-refractivity contribution is 5.95. The Morgan fingerprint density at radius 3 is 2.59 bits per heavy atom. The van der Waals surface area contributed by atoms with Crippen molar-refractivity contribution in [2.45, 2.75) is 31.6 Å².